The first-order chi connectivity index (χ1) is 16.3. The molecular weight excluding hydrogens is 450 g/mol. The van der Waals surface area contributed by atoms with Crippen molar-refractivity contribution in [2.45, 2.75) is 52.0 Å². The van der Waals surface area contributed by atoms with Crippen LogP contribution in [0, 0.1) is 5.92 Å². The van der Waals surface area contributed by atoms with Gasteiger partial charge in [0.25, 0.3) is 0 Å². The fourth-order valence-corrected chi connectivity index (χ4v) is 4.00. The number of nitrogens with zero attached hydrogens (tertiary/aromatic N) is 1. The summed E-state index contributed by atoms with van der Waals surface area (Å²) in [6, 6.07) is 16.5. The third-order valence-electron chi connectivity index (χ3n) is 6.12. The quantitative estimate of drug-likeness (QED) is 0.404. The topological polar surface area (TPSA) is 117 Å². The van der Waals surface area contributed by atoms with Gasteiger partial charge in [-0.1, -0.05) is 55.5 Å². The van der Waals surface area contributed by atoms with Gasteiger partial charge in [-0.3, -0.25) is 4.79 Å². The summed E-state index contributed by atoms with van der Waals surface area (Å²) in [5, 5.41) is 10.7. The maximum atomic E-state index is 13.1. The van der Waals surface area contributed by atoms with Crippen molar-refractivity contribution in [1.82, 2.24) is 4.90 Å². The first-order valence-electron chi connectivity index (χ1n) is 11.5. The summed E-state index contributed by atoms with van der Waals surface area (Å²) >= 11 is 0. The second kappa shape index (κ2) is 13.0. The minimum atomic E-state index is -1.01. The number of carbonyl (C=O) groups is 2. The van der Waals surface area contributed by atoms with E-state index in [2.05, 4.69) is 0 Å². The Morgan fingerprint density at radius 2 is 1.83 bits per heavy atom. The van der Waals surface area contributed by atoms with Crippen molar-refractivity contribution in [1.29, 1.82) is 0 Å². The summed E-state index contributed by atoms with van der Waals surface area (Å²) in [4.78, 5) is 26.7. The van der Waals surface area contributed by atoms with E-state index in [4.69, 9.17) is 14.2 Å². The predicted octanol–water partition coefficient (Wildman–Crippen LogP) is 3.83. The lowest BCUT2D eigenvalue weighted by Gasteiger charge is -2.25. The van der Waals surface area contributed by atoms with Crippen LogP contribution in [0.3, 0.4) is 0 Å². The van der Waals surface area contributed by atoms with Gasteiger partial charge < -0.3 is 24.8 Å². The van der Waals surface area contributed by atoms with Crippen molar-refractivity contribution in [2.75, 3.05) is 13.7 Å². The summed E-state index contributed by atoms with van der Waals surface area (Å²) in [5.74, 6) is -0.444. The maximum Gasteiger partial charge on any atom is 0.417 e. The lowest BCUT2D eigenvalue weighted by Crippen LogP contribution is -2.44. The second-order valence-corrected chi connectivity index (χ2v) is 8.53. The van der Waals surface area contributed by atoms with E-state index in [-0.39, 0.29) is 5.48 Å². The average Bonchev–Trinajstić information content (AvgIpc) is 3.16. The van der Waals surface area contributed by atoms with Gasteiger partial charge in [-0.25, -0.2) is 9.69 Å². The molecule has 2 amide bonds. The molecule has 3 rings (SSSR count). The first-order valence-corrected chi connectivity index (χ1v) is 11.5. The molecule has 1 fully saturated rings. The monoisotopic (exact) mass is 485 g/mol. The number of methoxy groups -OCH3 is 1. The van der Waals surface area contributed by atoms with Crippen LogP contribution >= 0.6 is 0 Å². The minimum Gasteiger partial charge on any atom is -0.497 e. The van der Waals surface area contributed by atoms with Crippen LogP contribution in [0.5, 0.6) is 5.75 Å². The number of hydrogen-bond donors (Lipinski definition) is 1. The van der Waals surface area contributed by atoms with Crippen LogP contribution in [0.1, 0.15) is 44.4 Å². The fraction of sp³-hybridized carbons (Fsp3) is 0.407. The number of ether oxygens (including phenoxy) is 3. The molecular formula is C27H35NO7. The number of cyclic esters (lactones) is 1. The highest BCUT2D eigenvalue weighted by Gasteiger charge is 2.45. The number of imide groups is 1. The van der Waals surface area contributed by atoms with Gasteiger partial charge >= 0.3 is 6.09 Å². The number of carbonyl (C=O) groups excluding carboxylic acids is 2. The van der Waals surface area contributed by atoms with Gasteiger partial charge in [0.2, 0.25) is 5.91 Å². The molecule has 1 saturated heterocycles. The Morgan fingerprint density at radius 3 is 2.46 bits per heavy atom. The molecule has 8 nitrogen and oxygen atoms in total. The van der Waals surface area contributed by atoms with Crippen molar-refractivity contribution in [2.24, 2.45) is 5.92 Å². The third-order valence-corrected chi connectivity index (χ3v) is 6.12. The van der Waals surface area contributed by atoms with E-state index < -0.39 is 36.2 Å². The summed E-state index contributed by atoms with van der Waals surface area (Å²) in [5.41, 5.74) is 2.53. The largest absolute Gasteiger partial charge is 0.497 e. The number of aliphatic hydroxyl groups is 1. The molecule has 4 atom stereocenters. The predicted molar refractivity (Wildman–Crippen MR) is 132 cm³/mol. The normalized spacial score (nSPS) is 19.5. The lowest BCUT2D eigenvalue weighted by molar-refractivity contribution is -0.135. The van der Waals surface area contributed by atoms with Gasteiger partial charge in [0, 0.05) is 0 Å². The molecule has 1 aliphatic rings. The smallest absolute Gasteiger partial charge is 0.417 e. The average molecular weight is 486 g/mol. The summed E-state index contributed by atoms with van der Waals surface area (Å²) in [6.45, 7) is 6.14. The highest BCUT2D eigenvalue weighted by Crippen LogP contribution is 2.33. The van der Waals surface area contributed by atoms with Crippen molar-refractivity contribution in [3.63, 3.8) is 0 Å². The van der Waals surface area contributed by atoms with Crippen LogP contribution < -0.4 is 4.74 Å². The second-order valence-electron chi connectivity index (χ2n) is 8.53. The van der Waals surface area contributed by atoms with Crippen LogP contribution in [-0.2, 0) is 20.9 Å². The van der Waals surface area contributed by atoms with Gasteiger partial charge in [0.1, 0.15) is 11.9 Å². The van der Waals surface area contributed by atoms with E-state index in [9.17, 15) is 14.7 Å². The highest BCUT2D eigenvalue weighted by atomic mass is 16.6. The van der Waals surface area contributed by atoms with E-state index in [1.165, 1.54) is 0 Å². The standard InChI is InChI=1S/C27H33NO6.H2O/c1-18(9-8-16-33-17-21-12-14-23(32-4)15-13-21)24(29)19(2)26(30)28-20(3)25(34-27(28)31)22-10-6-5-7-11-22;/h5-7,9-15,19-20,24-25,29H,8,16-17H2,1-4H3;1H2/b18-9+;/t19-,20+,24-,25+;/m0./s1. The zero-order valence-corrected chi connectivity index (χ0v) is 20.6. The first kappa shape index (κ1) is 28.0. The molecule has 0 unspecified atom stereocenters. The Kier molecular flexibility index (Phi) is 10.4. The van der Waals surface area contributed by atoms with Crippen LogP contribution in [-0.4, -0.2) is 53.3 Å². The Labute approximate surface area is 206 Å². The maximum absolute atomic E-state index is 13.1. The van der Waals surface area contributed by atoms with Crippen LogP contribution in [0.4, 0.5) is 4.79 Å². The van der Waals surface area contributed by atoms with Gasteiger partial charge in [0.05, 0.1) is 38.4 Å². The molecule has 0 saturated carbocycles. The van der Waals surface area contributed by atoms with Crippen LogP contribution in [0.25, 0.3) is 0 Å². The molecule has 35 heavy (non-hydrogen) atoms. The van der Waals surface area contributed by atoms with Crippen molar-refractivity contribution in [3.05, 3.63) is 77.4 Å². The lowest BCUT2D eigenvalue weighted by atomic mass is 9.95. The highest BCUT2D eigenvalue weighted by molar-refractivity contribution is 5.95. The zero-order valence-electron chi connectivity index (χ0n) is 20.6. The summed E-state index contributed by atoms with van der Waals surface area (Å²) in [7, 11) is 1.63. The Bertz CT molecular complexity index is 990. The molecule has 2 aromatic rings. The summed E-state index contributed by atoms with van der Waals surface area (Å²) in [6.07, 6.45) is 0.240. The van der Waals surface area contributed by atoms with E-state index in [0.29, 0.717) is 25.2 Å². The molecule has 1 aliphatic heterocycles. The van der Waals surface area contributed by atoms with E-state index >= 15 is 0 Å². The molecule has 2 aromatic carbocycles. The Morgan fingerprint density at radius 1 is 1.17 bits per heavy atom. The number of amides is 2. The fourth-order valence-electron chi connectivity index (χ4n) is 4.00. The molecule has 0 radical (unpaired) electrons. The number of benzene rings is 2. The van der Waals surface area contributed by atoms with Gasteiger partial charge in [-0.2, -0.15) is 0 Å². The van der Waals surface area contributed by atoms with Gasteiger partial charge in [-0.05, 0) is 49.1 Å². The van der Waals surface area contributed by atoms with Crippen molar-refractivity contribution >= 4 is 12.0 Å². The number of rotatable bonds is 10. The van der Waals surface area contributed by atoms with Crippen molar-refractivity contribution in [3.8, 4) is 5.75 Å². The van der Waals surface area contributed by atoms with E-state index in [1.807, 2.05) is 60.7 Å². The van der Waals surface area contributed by atoms with E-state index in [0.717, 1.165) is 21.8 Å². The molecule has 0 aromatic heterocycles. The molecule has 0 spiro atoms. The van der Waals surface area contributed by atoms with Gasteiger partial charge in [0.15, 0.2) is 0 Å². The Hall–Kier alpha value is -3.20. The summed E-state index contributed by atoms with van der Waals surface area (Å²) < 4.78 is 16.3. The third kappa shape index (κ3) is 6.91. The minimum absolute atomic E-state index is 0. The molecule has 8 heteroatoms. The Balaban J connectivity index is 0.00000432. The number of aliphatic hydroxyl groups excluding tert-OH is 1. The van der Waals surface area contributed by atoms with Crippen molar-refractivity contribution < 1.29 is 34.4 Å². The molecule has 3 N–H and O–H groups in total. The van der Waals surface area contributed by atoms with E-state index in [1.54, 1.807) is 27.9 Å². The van der Waals surface area contributed by atoms with Crippen LogP contribution in [0.2, 0.25) is 0 Å². The SMILES string of the molecule is COc1ccc(COCC/C=C(\C)[C@H](O)[C@H](C)C(=O)N2C(=O)O[C@@H](c3ccccc3)[C@H]2C)cc1.O. The molecule has 1 heterocycles. The molecule has 0 aliphatic carbocycles. The molecule has 0 bridgehead atoms. The zero-order chi connectivity index (χ0) is 24.7. The molecule has 190 valence electrons. The van der Waals surface area contributed by atoms with Gasteiger partial charge in [-0.15, -0.1) is 0 Å². The van der Waals surface area contributed by atoms with Crippen LogP contribution in [0.15, 0.2) is 66.2 Å². The number of hydrogen-bond acceptors (Lipinski definition) is 6.